The fraction of sp³-hybridized carbons (Fsp3) is 0.250. The Labute approximate surface area is 75.2 Å². The molecule has 0 saturated heterocycles. The van der Waals surface area contributed by atoms with Gasteiger partial charge in [-0.05, 0) is 6.07 Å². The Kier molecular flexibility index (Phi) is 2.60. The average Bonchev–Trinajstić information content (AvgIpc) is 2.13. The summed E-state index contributed by atoms with van der Waals surface area (Å²) in [4.78, 5) is 0. The van der Waals surface area contributed by atoms with Gasteiger partial charge in [-0.3, -0.25) is 0 Å². The second-order valence-electron chi connectivity index (χ2n) is 2.69. The zero-order valence-corrected chi connectivity index (χ0v) is 6.94. The van der Waals surface area contributed by atoms with Crippen LogP contribution in [-0.2, 0) is 0 Å². The molecule has 1 rings (SSSR count). The number of benzene rings is 1. The Bertz CT molecular complexity index is 315. The van der Waals surface area contributed by atoms with Crippen LogP contribution in [-0.4, -0.2) is 21.9 Å². The van der Waals surface area contributed by atoms with Crippen molar-refractivity contribution in [3.8, 4) is 11.5 Å². The van der Waals surface area contributed by atoms with E-state index in [0.29, 0.717) is 5.56 Å². The van der Waals surface area contributed by atoms with Gasteiger partial charge in [0.25, 0.3) is 0 Å². The molecule has 7 N–H and O–H groups in total. The molecule has 13 heavy (non-hydrogen) atoms. The second-order valence-corrected chi connectivity index (χ2v) is 2.69. The lowest BCUT2D eigenvalue weighted by molar-refractivity contribution is 0.187. The Morgan fingerprint density at radius 1 is 1.31 bits per heavy atom. The predicted octanol–water partition coefficient (Wildman–Crippen LogP) is -0.328. The van der Waals surface area contributed by atoms with Crippen LogP contribution in [0.5, 0.6) is 11.5 Å². The minimum absolute atomic E-state index is 0.00835. The van der Waals surface area contributed by atoms with Crippen LogP contribution in [0, 0.1) is 0 Å². The lowest BCUT2D eigenvalue weighted by Crippen LogP contribution is -2.13. The number of aliphatic hydroxyl groups excluding tert-OH is 1. The van der Waals surface area contributed by atoms with Crippen molar-refractivity contribution in [1.29, 1.82) is 0 Å². The van der Waals surface area contributed by atoms with Crippen molar-refractivity contribution in [3.05, 3.63) is 17.7 Å². The molecule has 0 amide bonds. The van der Waals surface area contributed by atoms with Crippen molar-refractivity contribution >= 4 is 5.69 Å². The smallest absolute Gasteiger partial charge is 0.181 e. The number of aromatic hydroxyl groups is 2. The highest BCUT2D eigenvalue weighted by Gasteiger charge is 2.14. The third-order valence-corrected chi connectivity index (χ3v) is 1.81. The summed E-state index contributed by atoms with van der Waals surface area (Å²) in [7, 11) is 0. The van der Waals surface area contributed by atoms with Crippen LogP contribution in [0.3, 0.4) is 0 Å². The molecule has 1 atom stereocenters. The van der Waals surface area contributed by atoms with Crippen LogP contribution in [0.4, 0.5) is 5.69 Å². The first kappa shape index (κ1) is 9.63. The molecule has 1 aromatic carbocycles. The molecule has 0 aliphatic carbocycles. The molecule has 1 aromatic rings. The molecule has 0 bridgehead atoms. The van der Waals surface area contributed by atoms with E-state index in [1.165, 1.54) is 12.1 Å². The van der Waals surface area contributed by atoms with Crippen molar-refractivity contribution in [3.63, 3.8) is 0 Å². The van der Waals surface area contributed by atoms with Crippen molar-refractivity contribution in [2.45, 2.75) is 6.10 Å². The van der Waals surface area contributed by atoms with Gasteiger partial charge in [0.1, 0.15) is 0 Å². The summed E-state index contributed by atoms with van der Waals surface area (Å²) in [5.74, 6) is -0.740. The van der Waals surface area contributed by atoms with E-state index in [2.05, 4.69) is 0 Å². The Hall–Kier alpha value is -1.46. The maximum Gasteiger partial charge on any atom is 0.181 e. The summed E-state index contributed by atoms with van der Waals surface area (Å²) in [6.07, 6.45) is -0.925. The maximum absolute atomic E-state index is 9.33. The van der Waals surface area contributed by atoms with Gasteiger partial charge in [0.15, 0.2) is 11.5 Å². The van der Waals surface area contributed by atoms with Crippen LogP contribution < -0.4 is 11.5 Å². The summed E-state index contributed by atoms with van der Waals surface area (Å²) in [5.41, 5.74) is 10.9. The molecule has 0 aromatic heterocycles. The molecule has 0 unspecified atom stereocenters. The first-order valence-electron chi connectivity index (χ1n) is 3.76. The van der Waals surface area contributed by atoms with E-state index < -0.39 is 11.9 Å². The second kappa shape index (κ2) is 3.51. The van der Waals surface area contributed by atoms with Crippen molar-refractivity contribution in [1.82, 2.24) is 0 Å². The topological polar surface area (TPSA) is 113 Å². The number of nitrogens with two attached hydrogens (primary N) is 2. The van der Waals surface area contributed by atoms with Crippen molar-refractivity contribution in [2.24, 2.45) is 5.73 Å². The first-order chi connectivity index (χ1) is 6.07. The zero-order chi connectivity index (χ0) is 10.0. The number of hydrogen-bond donors (Lipinski definition) is 5. The first-order valence-corrected chi connectivity index (χ1v) is 3.76. The number of phenols is 2. The summed E-state index contributed by atoms with van der Waals surface area (Å²) in [6.45, 7) is 0.00835. The number of rotatable bonds is 2. The van der Waals surface area contributed by atoms with Gasteiger partial charge in [0.05, 0.1) is 11.8 Å². The third kappa shape index (κ3) is 1.66. The van der Waals surface area contributed by atoms with Crippen LogP contribution in [0.1, 0.15) is 11.7 Å². The van der Waals surface area contributed by atoms with Gasteiger partial charge in [-0.2, -0.15) is 0 Å². The highest BCUT2D eigenvalue weighted by atomic mass is 16.3. The summed E-state index contributed by atoms with van der Waals surface area (Å²) in [6, 6.07) is 2.67. The summed E-state index contributed by atoms with van der Waals surface area (Å²) < 4.78 is 0. The molecule has 5 heteroatoms. The summed E-state index contributed by atoms with van der Waals surface area (Å²) in [5, 5.41) is 27.6. The van der Waals surface area contributed by atoms with Gasteiger partial charge < -0.3 is 26.8 Å². The molecule has 0 aliphatic rings. The van der Waals surface area contributed by atoms with Crippen molar-refractivity contribution < 1.29 is 15.3 Å². The van der Waals surface area contributed by atoms with Gasteiger partial charge in [-0.15, -0.1) is 0 Å². The Morgan fingerprint density at radius 3 is 2.46 bits per heavy atom. The maximum atomic E-state index is 9.33. The number of aliphatic hydroxyl groups is 1. The SMILES string of the molecule is NC[C@H](O)c1ccc(O)c(O)c1N. The normalized spacial score (nSPS) is 12.8. The molecule has 72 valence electrons. The van der Waals surface area contributed by atoms with Gasteiger partial charge in [-0.25, -0.2) is 0 Å². The molecular weight excluding hydrogens is 172 g/mol. The fourth-order valence-electron chi connectivity index (χ4n) is 1.03. The number of hydrogen-bond acceptors (Lipinski definition) is 5. The quantitative estimate of drug-likeness (QED) is 0.319. The molecule has 0 fully saturated rings. The number of anilines is 1. The molecule has 5 nitrogen and oxygen atoms in total. The van der Waals surface area contributed by atoms with E-state index in [4.69, 9.17) is 16.6 Å². The van der Waals surface area contributed by atoms with Crippen molar-refractivity contribution in [2.75, 3.05) is 12.3 Å². The standard InChI is InChI=1S/C8H12N2O3/c9-3-6(12)4-1-2-5(11)8(13)7(4)10/h1-2,6,11-13H,3,9-10H2/t6-/m0/s1. The van der Waals surface area contributed by atoms with E-state index in [0.717, 1.165) is 0 Å². The highest BCUT2D eigenvalue weighted by molar-refractivity contribution is 5.64. The van der Waals surface area contributed by atoms with E-state index in [9.17, 15) is 10.2 Å². The van der Waals surface area contributed by atoms with E-state index in [-0.39, 0.29) is 18.0 Å². The largest absolute Gasteiger partial charge is 0.504 e. The van der Waals surface area contributed by atoms with E-state index in [1.807, 2.05) is 0 Å². The molecule has 0 saturated carbocycles. The van der Waals surface area contributed by atoms with Crippen LogP contribution in [0.2, 0.25) is 0 Å². The molecule has 0 spiro atoms. The van der Waals surface area contributed by atoms with E-state index >= 15 is 0 Å². The van der Waals surface area contributed by atoms with Gasteiger partial charge in [-0.1, -0.05) is 6.07 Å². The minimum Gasteiger partial charge on any atom is -0.504 e. The molecular formula is C8H12N2O3. The lowest BCUT2D eigenvalue weighted by Gasteiger charge is -2.12. The predicted molar refractivity (Wildman–Crippen MR) is 48.2 cm³/mol. The Balaban J connectivity index is 3.18. The van der Waals surface area contributed by atoms with Crippen LogP contribution in [0.25, 0.3) is 0 Å². The fourth-order valence-corrected chi connectivity index (χ4v) is 1.03. The zero-order valence-electron chi connectivity index (χ0n) is 6.94. The van der Waals surface area contributed by atoms with Gasteiger partial charge >= 0.3 is 0 Å². The highest BCUT2D eigenvalue weighted by Crippen LogP contribution is 2.35. The Morgan fingerprint density at radius 2 is 1.92 bits per heavy atom. The van der Waals surface area contributed by atoms with Gasteiger partial charge in [0, 0.05) is 12.1 Å². The average molecular weight is 184 g/mol. The lowest BCUT2D eigenvalue weighted by atomic mass is 10.1. The van der Waals surface area contributed by atoms with Crippen LogP contribution in [0.15, 0.2) is 12.1 Å². The third-order valence-electron chi connectivity index (χ3n) is 1.81. The molecule has 0 radical (unpaired) electrons. The molecule has 0 heterocycles. The number of phenolic OH excluding ortho intramolecular Hbond substituents is 2. The molecule has 0 aliphatic heterocycles. The summed E-state index contributed by atoms with van der Waals surface area (Å²) >= 11 is 0. The minimum atomic E-state index is -0.925. The number of nitrogen functional groups attached to an aromatic ring is 1. The monoisotopic (exact) mass is 184 g/mol. The van der Waals surface area contributed by atoms with Crippen LogP contribution >= 0.6 is 0 Å². The van der Waals surface area contributed by atoms with E-state index in [1.54, 1.807) is 0 Å². The van der Waals surface area contributed by atoms with Gasteiger partial charge in [0.2, 0.25) is 0 Å².